The molecular weight excluding hydrogens is 370 g/mol. The van der Waals surface area contributed by atoms with E-state index >= 15 is 0 Å². The van der Waals surface area contributed by atoms with Gasteiger partial charge in [0.05, 0.1) is 16.6 Å². The van der Waals surface area contributed by atoms with Crippen molar-refractivity contribution in [1.82, 2.24) is 10.3 Å². The van der Waals surface area contributed by atoms with Crippen LogP contribution in [0, 0.1) is 0 Å². The van der Waals surface area contributed by atoms with Gasteiger partial charge in [0.1, 0.15) is 0 Å². The molecule has 0 spiro atoms. The zero-order valence-corrected chi connectivity index (χ0v) is 17.0. The highest BCUT2D eigenvalue weighted by molar-refractivity contribution is 7.22. The number of anilines is 1. The van der Waals surface area contributed by atoms with Crippen LogP contribution in [0.25, 0.3) is 10.2 Å². The minimum atomic E-state index is -0.0526. The van der Waals surface area contributed by atoms with Gasteiger partial charge in [-0.25, -0.2) is 4.98 Å². The fraction of sp³-hybridized carbons (Fsp3) is 0.318. The molecule has 0 aliphatic heterocycles. The van der Waals surface area contributed by atoms with Crippen molar-refractivity contribution in [2.75, 3.05) is 5.32 Å². The van der Waals surface area contributed by atoms with Gasteiger partial charge in [-0.1, -0.05) is 54.7 Å². The SMILES string of the molecule is CCC(=O)Nc1nc2ccc(CC(=O)NC(C)CCc3ccccc3)cc2s1. The van der Waals surface area contributed by atoms with Crippen molar-refractivity contribution in [2.45, 2.75) is 45.6 Å². The second kappa shape index (κ2) is 9.46. The lowest BCUT2D eigenvalue weighted by molar-refractivity contribution is -0.121. The summed E-state index contributed by atoms with van der Waals surface area (Å²) in [5.41, 5.74) is 3.05. The maximum atomic E-state index is 12.4. The molecule has 6 heteroatoms. The molecular formula is C22H25N3O2S. The van der Waals surface area contributed by atoms with Gasteiger partial charge in [0.25, 0.3) is 0 Å². The molecule has 146 valence electrons. The van der Waals surface area contributed by atoms with E-state index in [0.717, 1.165) is 28.6 Å². The summed E-state index contributed by atoms with van der Waals surface area (Å²) < 4.78 is 0.967. The van der Waals surface area contributed by atoms with Crippen molar-refractivity contribution in [3.63, 3.8) is 0 Å². The van der Waals surface area contributed by atoms with Crippen LogP contribution in [0.15, 0.2) is 48.5 Å². The molecule has 2 N–H and O–H groups in total. The molecule has 0 bridgehead atoms. The molecule has 1 unspecified atom stereocenters. The number of rotatable bonds is 8. The summed E-state index contributed by atoms with van der Waals surface area (Å²) in [7, 11) is 0. The van der Waals surface area contributed by atoms with Crippen LogP contribution in [0.1, 0.15) is 37.8 Å². The Hall–Kier alpha value is -2.73. The van der Waals surface area contributed by atoms with E-state index in [0.29, 0.717) is 18.0 Å². The number of amides is 2. The number of carbonyl (C=O) groups excluding carboxylic acids is 2. The Bertz CT molecular complexity index is 953. The predicted molar refractivity (Wildman–Crippen MR) is 115 cm³/mol. The first-order valence-corrected chi connectivity index (χ1v) is 10.4. The third kappa shape index (κ3) is 5.63. The zero-order valence-electron chi connectivity index (χ0n) is 16.2. The third-order valence-electron chi connectivity index (χ3n) is 4.50. The van der Waals surface area contributed by atoms with Crippen LogP contribution in [0.3, 0.4) is 0 Å². The molecule has 28 heavy (non-hydrogen) atoms. The van der Waals surface area contributed by atoms with E-state index in [4.69, 9.17) is 0 Å². The molecule has 5 nitrogen and oxygen atoms in total. The summed E-state index contributed by atoms with van der Waals surface area (Å²) >= 11 is 1.43. The number of nitrogens with one attached hydrogen (secondary N) is 2. The number of carbonyl (C=O) groups is 2. The first-order valence-electron chi connectivity index (χ1n) is 9.56. The Morgan fingerprint density at radius 1 is 1.07 bits per heavy atom. The Labute approximate surface area is 169 Å². The maximum absolute atomic E-state index is 12.4. The van der Waals surface area contributed by atoms with Crippen molar-refractivity contribution in [3.05, 3.63) is 59.7 Å². The quantitative estimate of drug-likeness (QED) is 0.596. The van der Waals surface area contributed by atoms with Crippen molar-refractivity contribution < 1.29 is 9.59 Å². The van der Waals surface area contributed by atoms with Gasteiger partial charge in [-0.3, -0.25) is 9.59 Å². The lowest BCUT2D eigenvalue weighted by Gasteiger charge is -2.14. The molecule has 0 aliphatic carbocycles. The van der Waals surface area contributed by atoms with Gasteiger partial charge in [0.15, 0.2) is 5.13 Å². The number of thiazole rings is 1. The molecule has 1 aromatic heterocycles. The lowest BCUT2D eigenvalue weighted by Crippen LogP contribution is -2.34. The summed E-state index contributed by atoms with van der Waals surface area (Å²) in [5, 5.41) is 6.46. The molecule has 3 rings (SSSR count). The summed E-state index contributed by atoms with van der Waals surface area (Å²) in [4.78, 5) is 28.3. The van der Waals surface area contributed by atoms with Crippen molar-refractivity contribution in [2.24, 2.45) is 0 Å². The minimum absolute atomic E-state index is 0.0175. The Morgan fingerprint density at radius 3 is 2.61 bits per heavy atom. The van der Waals surface area contributed by atoms with Gasteiger partial charge in [-0.2, -0.15) is 0 Å². The van der Waals surface area contributed by atoms with Gasteiger partial charge in [-0.15, -0.1) is 0 Å². The van der Waals surface area contributed by atoms with E-state index in [-0.39, 0.29) is 17.9 Å². The standard InChI is InChI=1S/C22H25N3O2S/c1-3-20(26)25-22-24-18-12-11-17(13-19(18)28-22)14-21(27)23-15(2)9-10-16-7-5-4-6-8-16/h4-8,11-13,15H,3,9-10,14H2,1-2H3,(H,23,27)(H,24,25,26). The topological polar surface area (TPSA) is 71.1 Å². The molecule has 1 heterocycles. The molecule has 2 amide bonds. The predicted octanol–water partition coefficient (Wildman–Crippen LogP) is 4.32. The fourth-order valence-electron chi connectivity index (χ4n) is 2.95. The van der Waals surface area contributed by atoms with Crippen LogP contribution in [-0.4, -0.2) is 22.8 Å². The maximum Gasteiger partial charge on any atom is 0.225 e. The van der Waals surface area contributed by atoms with E-state index in [9.17, 15) is 9.59 Å². The van der Waals surface area contributed by atoms with Crippen molar-refractivity contribution in [3.8, 4) is 0 Å². The molecule has 0 aliphatic rings. The van der Waals surface area contributed by atoms with Gasteiger partial charge >= 0.3 is 0 Å². The Balaban J connectivity index is 1.54. The summed E-state index contributed by atoms with van der Waals surface area (Å²) in [6, 6.07) is 16.2. The van der Waals surface area contributed by atoms with Crippen LogP contribution in [0.5, 0.6) is 0 Å². The number of nitrogens with zero attached hydrogens (tertiary/aromatic N) is 1. The zero-order chi connectivity index (χ0) is 19.9. The fourth-order valence-corrected chi connectivity index (χ4v) is 3.90. The number of aromatic nitrogens is 1. The average Bonchev–Trinajstić information content (AvgIpc) is 3.08. The van der Waals surface area contributed by atoms with Crippen LogP contribution >= 0.6 is 11.3 Å². The average molecular weight is 396 g/mol. The van der Waals surface area contributed by atoms with E-state index < -0.39 is 0 Å². The van der Waals surface area contributed by atoms with Crippen LogP contribution in [-0.2, 0) is 22.4 Å². The van der Waals surface area contributed by atoms with E-state index in [1.165, 1.54) is 16.9 Å². The highest BCUT2D eigenvalue weighted by Crippen LogP contribution is 2.27. The van der Waals surface area contributed by atoms with Gasteiger partial charge < -0.3 is 10.6 Å². The summed E-state index contributed by atoms with van der Waals surface area (Å²) in [6.45, 7) is 3.84. The summed E-state index contributed by atoms with van der Waals surface area (Å²) in [6.07, 6.45) is 2.61. The van der Waals surface area contributed by atoms with Crippen molar-refractivity contribution in [1.29, 1.82) is 0 Å². The molecule has 0 fully saturated rings. The second-order valence-electron chi connectivity index (χ2n) is 6.89. The highest BCUT2D eigenvalue weighted by atomic mass is 32.1. The van der Waals surface area contributed by atoms with Crippen LogP contribution in [0.4, 0.5) is 5.13 Å². The molecule has 2 aromatic carbocycles. The van der Waals surface area contributed by atoms with Gasteiger partial charge in [0.2, 0.25) is 11.8 Å². The van der Waals surface area contributed by atoms with E-state index in [1.54, 1.807) is 6.92 Å². The number of fused-ring (bicyclic) bond motifs is 1. The van der Waals surface area contributed by atoms with Gasteiger partial charge in [0, 0.05) is 12.5 Å². The second-order valence-corrected chi connectivity index (χ2v) is 7.92. The number of aryl methyl sites for hydroxylation is 1. The van der Waals surface area contributed by atoms with Crippen LogP contribution < -0.4 is 10.6 Å². The Morgan fingerprint density at radius 2 is 1.86 bits per heavy atom. The number of hydrogen-bond donors (Lipinski definition) is 2. The first kappa shape index (κ1) is 20.0. The summed E-state index contributed by atoms with van der Waals surface area (Å²) in [5.74, 6) is -0.0351. The van der Waals surface area contributed by atoms with Gasteiger partial charge in [-0.05, 0) is 43.0 Å². The van der Waals surface area contributed by atoms with Crippen molar-refractivity contribution >= 4 is 38.5 Å². The highest BCUT2D eigenvalue weighted by Gasteiger charge is 2.11. The monoisotopic (exact) mass is 395 g/mol. The molecule has 0 radical (unpaired) electrons. The molecule has 3 aromatic rings. The lowest BCUT2D eigenvalue weighted by atomic mass is 10.1. The molecule has 1 atom stereocenters. The first-order chi connectivity index (χ1) is 13.5. The normalized spacial score (nSPS) is 11.9. The van der Waals surface area contributed by atoms with Crippen LogP contribution in [0.2, 0.25) is 0 Å². The Kier molecular flexibility index (Phi) is 6.76. The largest absolute Gasteiger partial charge is 0.353 e. The van der Waals surface area contributed by atoms with E-state index in [2.05, 4.69) is 27.8 Å². The smallest absolute Gasteiger partial charge is 0.225 e. The van der Waals surface area contributed by atoms with E-state index in [1.807, 2.05) is 43.3 Å². The number of hydrogen-bond acceptors (Lipinski definition) is 4. The molecule has 0 saturated carbocycles. The third-order valence-corrected chi connectivity index (χ3v) is 5.43. The minimum Gasteiger partial charge on any atom is -0.353 e. The number of benzene rings is 2. The molecule has 0 saturated heterocycles.